The number of benzene rings is 1. The van der Waals surface area contributed by atoms with E-state index in [9.17, 15) is 13.2 Å². The highest BCUT2D eigenvalue weighted by molar-refractivity contribution is 7.89. The summed E-state index contributed by atoms with van der Waals surface area (Å²) < 4.78 is 39.8. The monoisotopic (exact) mass is 467 g/mol. The molecule has 2 atom stereocenters. The van der Waals surface area contributed by atoms with Gasteiger partial charge in [0.2, 0.25) is 15.9 Å². The number of sulfonamides is 1. The molecule has 2 heterocycles. The number of carbonyl (C=O) groups is 1. The maximum absolute atomic E-state index is 13.6. The Morgan fingerprint density at radius 2 is 1.81 bits per heavy atom. The number of hydrogen-bond donors (Lipinski definition) is 0. The smallest absolute Gasteiger partial charge is 0.248 e. The predicted octanol–water partition coefficient (Wildman–Crippen LogP) is 2.03. The van der Waals surface area contributed by atoms with Gasteiger partial charge in [0.25, 0.3) is 0 Å². The predicted molar refractivity (Wildman–Crippen MR) is 123 cm³/mol. The fourth-order valence-electron chi connectivity index (χ4n) is 4.77. The number of hydrogen-bond acceptors (Lipinski definition) is 6. The van der Waals surface area contributed by atoms with E-state index >= 15 is 0 Å². The van der Waals surface area contributed by atoms with E-state index in [1.165, 1.54) is 0 Å². The maximum Gasteiger partial charge on any atom is 0.248 e. The van der Waals surface area contributed by atoms with Crippen LogP contribution in [0.5, 0.6) is 5.75 Å². The fraction of sp³-hybridized carbons (Fsp3) is 0.696. The molecule has 2 unspecified atom stereocenters. The van der Waals surface area contributed by atoms with Crippen LogP contribution in [0.15, 0.2) is 17.0 Å². The number of aryl methyl sites for hydroxylation is 2. The SMILES string of the molecule is COc1cc(C)c(S(=O)(=O)N2CCCCC2COCC(=O)N2CCC(N(C)C)C2)c(C)c1. The Balaban J connectivity index is 1.65. The van der Waals surface area contributed by atoms with Crippen LogP contribution in [0, 0.1) is 13.8 Å². The molecule has 0 aromatic heterocycles. The summed E-state index contributed by atoms with van der Waals surface area (Å²) in [5.41, 5.74) is 1.35. The summed E-state index contributed by atoms with van der Waals surface area (Å²) in [6.07, 6.45) is 3.47. The van der Waals surface area contributed by atoms with Crippen molar-refractivity contribution in [2.75, 3.05) is 54.1 Å². The summed E-state index contributed by atoms with van der Waals surface area (Å²) in [6.45, 7) is 5.74. The summed E-state index contributed by atoms with van der Waals surface area (Å²) >= 11 is 0. The molecule has 2 aliphatic rings. The van der Waals surface area contributed by atoms with Gasteiger partial charge >= 0.3 is 0 Å². The third-order valence-corrected chi connectivity index (χ3v) is 8.85. The van der Waals surface area contributed by atoms with Crippen molar-refractivity contribution in [1.29, 1.82) is 0 Å². The second-order valence-electron chi connectivity index (χ2n) is 9.12. The Morgan fingerprint density at radius 1 is 1.12 bits per heavy atom. The zero-order valence-corrected chi connectivity index (χ0v) is 20.8. The molecule has 0 radical (unpaired) electrons. The summed E-state index contributed by atoms with van der Waals surface area (Å²) in [7, 11) is 1.94. The largest absolute Gasteiger partial charge is 0.497 e. The van der Waals surface area contributed by atoms with E-state index in [0.717, 1.165) is 38.8 Å². The summed E-state index contributed by atoms with van der Waals surface area (Å²) in [5.74, 6) is 0.621. The van der Waals surface area contributed by atoms with E-state index in [4.69, 9.17) is 9.47 Å². The molecule has 9 heteroatoms. The van der Waals surface area contributed by atoms with Crippen molar-refractivity contribution in [3.05, 3.63) is 23.3 Å². The van der Waals surface area contributed by atoms with Gasteiger partial charge in [-0.15, -0.1) is 0 Å². The van der Waals surface area contributed by atoms with E-state index in [-0.39, 0.29) is 25.2 Å². The van der Waals surface area contributed by atoms with Crippen LogP contribution in [0.25, 0.3) is 0 Å². The van der Waals surface area contributed by atoms with Gasteiger partial charge in [-0.1, -0.05) is 6.42 Å². The van der Waals surface area contributed by atoms with Crippen molar-refractivity contribution in [3.8, 4) is 5.75 Å². The molecule has 0 aliphatic carbocycles. The standard InChI is InChI=1S/C23H37N3O5S/c1-17-12-21(30-5)13-18(2)23(17)32(28,29)26-10-7-6-8-20(26)15-31-16-22(27)25-11-9-19(14-25)24(3)4/h12-13,19-20H,6-11,14-16H2,1-5H3. The van der Waals surface area contributed by atoms with Crippen molar-refractivity contribution in [2.45, 2.75) is 56.5 Å². The molecule has 180 valence electrons. The van der Waals surface area contributed by atoms with Gasteiger partial charge < -0.3 is 19.3 Å². The van der Waals surface area contributed by atoms with Crippen LogP contribution in [0.3, 0.4) is 0 Å². The Bertz CT molecular complexity index is 895. The van der Waals surface area contributed by atoms with Crippen LogP contribution in [0.4, 0.5) is 0 Å². The third-order valence-electron chi connectivity index (χ3n) is 6.59. The molecule has 1 aromatic rings. The molecule has 0 N–H and O–H groups in total. The molecule has 2 aliphatic heterocycles. The second-order valence-corrected chi connectivity index (χ2v) is 10.9. The van der Waals surface area contributed by atoms with Gasteiger partial charge in [0, 0.05) is 31.7 Å². The average Bonchev–Trinajstić information content (AvgIpc) is 3.24. The quantitative estimate of drug-likeness (QED) is 0.582. The van der Waals surface area contributed by atoms with Crippen LogP contribution in [0.2, 0.25) is 0 Å². The fourth-order valence-corrected chi connectivity index (χ4v) is 6.87. The van der Waals surface area contributed by atoms with E-state index in [2.05, 4.69) is 4.90 Å². The molecule has 0 spiro atoms. The lowest BCUT2D eigenvalue weighted by Gasteiger charge is -2.35. The number of methoxy groups -OCH3 is 1. The zero-order valence-electron chi connectivity index (χ0n) is 20.0. The van der Waals surface area contributed by atoms with Gasteiger partial charge in [-0.2, -0.15) is 4.31 Å². The molecule has 32 heavy (non-hydrogen) atoms. The van der Waals surface area contributed by atoms with Crippen LogP contribution >= 0.6 is 0 Å². The first-order valence-corrected chi connectivity index (χ1v) is 12.8. The highest BCUT2D eigenvalue weighted by atomic mass is 32.2. The number of nitrogens with zero attached hydrogens (tertiary/aromatic N) is 3. The maximum atomic E-state index is 13.6. The molecule has 8 nitrogen and oxygen atoms in total. The first-order chi connectivity index (χ1) is 15.1. The Labute approximate surface area is 192 Å². The number of ether oxygens (including phenoxy) is 2. The third kappa shape index (κ3) is 5.44. The normalized spacial score (nSPS) is 22.5. The zero-order chi connectivity index (χ0) is 23.5. The van der Waals surface area contributed by atoms with Crippen molar-refractivity contribution in [2.24, 2.45) is 0 Å². The highest BCUT2D eigenvalue weighted by Crippen LogP contribution is 2.32. The first kappa shape index (κ1) is 25.0. The van der Waals surface area contributed by atoms with Crippen LogP contribution in [0.1, 0.15) is 36.8 Å². The van der Waals surface area contributed by atoms with E-state index in [0.29, 0.717) is 34.4 Å². The van der Waals surface area contributed by atoms with Gasteiger partial charge in [-0.05, 0) is 70.5 Å². The first-order valence-electron chi connectivity index (χ1n) is 11.3. The topological polar surface area (TPSA) is 79.4 Å². The number of piperidine rings is 1. The van der Waals surface area contributed by atoms with Crippen molar-refractivity contribution >= 4 is 15.9 Å². The summed E-state index contributed by atoms with van der Waals surface area (Å²) in [4.78, 5) is 16.9. The number of likely N-dealkylation sites (N-methyl/N-ethyl adjacent to an activating group) is 1. The molecule has 2 fully saturated rings. The molecule has 1 amide bonds. The lowest BCUT2D eigenvalue weighted by molar-refractivity contribution is -0.135. The molecule has 3 rings (SSSR count). The van der Waals surface area contributed by atoms with Gasteiger partial charge in [0.1, 0.15) is 12.4 Å². The number of amides is 1. The van der Waals surface area contributed by atoms with Crippen molar-refractivity contribution in [1.82, 2.24) is 14.1 Å². The number of likely N-dealkylation sites (tertiary alicyclic amines) is 1. The number of rotatable bonds is 8. The van der Waals surface area contributed by atoms with E-state index in [1.54, 1.807) is 37.4 Å². The van der Waals surface area contributed by atoms with E-state index < -0.39 is 10.0 Å². The minimum absolute atomic E-state index is 0.00880. The lowest BCUT2D eigenvalue weighted by atomic mass is 10.1. The average molecular weight is 468 g/mol. The van der Waals surface area contributed by atoms with Gasteiger partial charge in [0.15, 0.2) is 0 Å². The van der Waals surface area contributed by atoms with Crippen LogP contribution in [-0.4, -0.2) is 94.6 Å². The van der Waals surface area contributed by atoms with Crippen LogP contribution < -0.4 is 4.74 Å². The Morgan fingerprint density at radius 3 is 2.41 bits per heavy atom. The highest BCUT2D eigenvalue weighted by Gasteiger charge is 2.36. The minimum atomic E-state index is -3.68. The lowest BCUT2D eigenvalue weighted by Crippen LogP contribution is -2.46. The second kappa shape index (κ2) is 10.5. The molecule has 0 saturated carbocycles. The van der Waals surface area contributed by atoms with Gasteiger partial charge in [-0.25, -0.2) is 8.42 Å². The number of carbonyl (C=O) groups excluding carboxylic acids is 1. The Kier molecular flexibility index (Phi) is 8.19. The molecular formula is C23H37N3O5S. The summed E-state index contributed by atoms with van der Waals surface area (Å²) in [5, 5.41) is 0. The van der Waals surface area contributed by atoms with Gasteiger partial charge in [-0.3, -0.25) is 4.79 Å². The van der Waals surface area contributed by atoms with Crippen molar-refractivity contribution < 1.29 is 22.7 Å². The molecule has 2 saturated heterocycles. The Hall–Kier alpha value is -1.68. The minimum Gasteiger partial charge on any atom is -0.497 e. The molecule has 1 aromatic carbocycles. The van der Waals surface area contributed by atoms with Crippen LogP contribution in [-0.2, 0) is 19.6 Å². The molecular weight excluding hydrogens is 430 g/mol. The van der Waals surface area contributed by atoms with E-state index in [1.807, 2.05) is 19.0 Å². The van der Waals surface area contributed by atoms with Gasteiger partial charge in [0.05, 0.1) is 18.6 Å². The van der Waals surface area contributed by atoms with Crippen molar-refractivity contribution in [3.63, 3.8) is 0 Å². The molecule has 0 bridgehead atoms. The summed E-state index contributed by atoms with van der Waals surface area (Å²) in [6, 6.07) is 3.63.